The summed E-state index contributed by atoms with van der Waals surface area (Å²) in [6.45, 7) is 11.6. The number of carbonyl (C=O) groups excluding carboxylic acids is 1. The summed E-state index contributed by atoms with van der Waals surface area (Å²) in [6, 6.07) is 5.54. The Labute approximate surface area is 308 Å². The van der Waals surface area contributed by atoms with Crippen LogP contribution in [0.3, 0.4) is 0 Å². The van der Waals surface area contributed by atoms with E-state index in [4.69, 9.17) is 14.6 Å². The number of nitrogens with zero attached hydrogens (tertiary/aromatic N) is 8. The molecule has 4 aromatic rings. The first-order valence-corrected chi connectivity index (χ1v) is 19.4. The summed E-state index contributed by atoms with van der Waals surface area (Å²) in [6.07, 6.45) is 7.81. The van der Waals surface area contributed by atoms with Crippen molar-refractivity contribution in [2.24, 2.45) is 5.92 Å². The van der Waals surface area contributed by atoms with Gasteiger partial charge in [-0.05, 0) is 68.5 Å². The van der Waals surface area contributed by atoms with Gasteiger partial charge in [-0.15, -0.1) is 0 Å². The van der Waals surface area contributed by atoms with Crippen molar-refractivity contribution in [2.45, 2.75) is 58.0 Å². The lowest BCUT2D eigenvalue weighted by Crippen LogP contribution is -2.48. The van der Waals surface area contributed by atoms with Gasteiger partial charge in [0.25, 0.3) is 6.43 Å². The van der Waals surface area contributed by atoms with Gasteiger partial charge in [-0.1, -0.05) is 0 Å². The van der Waals surface area contributed by atoms with Crippen molar-refractivity contribution in [3.8, 4) is 16.9 Å². The van der Waals surface area contributed by atoms with Crippen LogP contribution in [0.15, 0.2) is 36.8 Å². The van der Waals surface area contributed by atoms with Crippen LogP contribution >= 0.6 is 0 Å². The van der Waals surface area contributed by atoms with Crippen molar-refractivity contribution in [2.75, 3.05) is 88.5 Å². The van der Waals surface area contributed by atoms with Crippen LogP contribution in [0.2, 0.25) is 0 Å². The van der Waals surface area contributed by atoms with E-state index >= 15 is 8.78 Å². The number of piperazine rings is 1. The highest BCUT2D eigenvalue weighted by atomic mass is 19.3. The van der Waals surface area contributed by atoms with E-state index in [-0.39, 0.29) is 17.5 Å². The van der Waals surface area contributed by atoms with Gasteiger partial charge in [-0.25, -0.2) is 13.8 Å². The molecule has 5 aliphatic heterocycles. The normalized spacial score (nSPS) is 20.6. The van der Waals surface area contributed by atoms with E-state index in [1.54, 1.807) is 25.3 Å². The minimum absolute atomic E-state index is 0.0147. The number of amides is 1. The number of hydrogen-bond acceptors (Lipinski definition) is 9. The fraction of sp³-hybridized carbons (Fsp3) is 0.564. The number of ether oxygens (including phenoxy) is 2. The van der Waals surface area contributed by atoms with Crippen molar-refractivity contribution >= 4 is 28.7 Å². The van der Waals surface area contributed by atoms with Crippen LogP contribution in [0.25, 0.3) is 16.8 Å². The predicted octanol–water partition coefficient (Wildman–Crippen LogP) is 5.04. The number of halogens is 2. The Kier molecular flexibility index (Phi) is 9.45. The predicted molar refractivity (Wildman–Crippen MR) is 198 cm³/mol. The van der Waals surface area contributed by atoms with Crippen molar-refractivity contribution in [1.29, 1.82) is 0 Å². The summed E-state index contributed by atoms with van der Waals surface area (Å²) in [5.41, 5.74) is 5.43. The van der Waals surface area contributed by atoms with Crippen molar-refractivity contribution < 1.29 is 23.0 Å². The van der Waals surface area contributed by atoms with Crippen LogP contribution < -0.4 is 19.9 Å². The molecule has 0 bridgehead atoms. The summed E-state index contributed by atoms with van der Waals surface area (Å²) in [7, 11) is 0. The third-order valence-electron chi connectivity index (χ3n) is 12.0. The molecule has 53 heavy (non-hydrogen) atoms. The SMILES string of the molecule is CC(=O)N1CCc2c(c(N3CCOc4cc(-c5cc6nccn6cc5N5CCN(CC6CCNCC6)CC5)c(C(F)F)cc43)nn2C2CCOCC2)C1. The number of alkyl halides is 2. The number of anilines is 3. The Morgan fingerprint density at radius 1 is 0.962 bits per heavy atom. The molecule has 3 saturated heterocycles. The van der Waals surface area contributed by atoms with E-state index in [1.165, 1.54) is 12.8 Å². The van der Waals surface area contributed by atoms with Crippen LogP contribution in [0.5, 0.6) is 5.75 Å². The van der Waals surface area contributed by atoms with Crippen molar-refractivity contribution in [3.05, 3.63) is 53.6 Å². The van der Waals surface area contributed by atoms with E-state index in [9.17, 15) is 4.79 Å². The molecule has 1 amide bonds. The Morgan fingerprint density at radius 3 is 2.55 bits per heavy atom. The topological polar surface area (TPSA) is 95.6 Å². The molecule has 5 aliphatic rings. The molecule has 9 rings (SSSR count). The summed E-state index contributed by atoms with van der Waals surface area (Å²) in [5, 5.41) is 8.68. The quantitative estimate of drug-likeness (QED) is 0.281. The maximum absolute atomic E-state index is 15.4. The van der Waals surface area contributed by atoms with Gasteiger partial charge in [0.05, 0.1) is 30.5 Å². The molecule has 0 saturated carbocycles. The second kappa shape index (κ2) is 14.5. The summed E-state index contributed by atoms with van der Waals surface area (Å²) in [5.74, 6) is 2.00. The zero-order valence-electron chi connectivity index (χ0n) is 30.5. The molecule has 1 aromatic carbocycles. The number of nitrogens with one attached hydrogen (secondary N) is 1. The first kappa shape index (κ1) is 34.5. The molecule has 1 N–H and O–H groups in total. The van der Waals surface area contributed by atoms with Crippen LogP contribution in [-0.4, -0.2) is 114 Å². The number of pyridine rings is 1. The third-order valence-corrected chi connectivity index (χ3v) is 12.0. The lowest BCUT2D eigenvalue weighted by atomic mass is 9.95. The fourth-order valence-corrected chi connectivity index (χ4v) is 9.08. The average Bonchev–Trinajstić information content (AvgIpc) is 3.82. The third kappa shape index (κ3) is 6.63. The smallest absolute Gasteiger partial charge is 0.264 e. The Morgan fingerprint density at radius 2 is 1.77 bits per heavy atom. The van der Waals surface area contributed by atoms with Gasteiger partial charge in [-0.2, -0.15) is 5.10 Å². The minimum Gasteiger partial charge on any atom is -0.490 e. The highest BCUT2D eigenvalue weighted by Crippen LogP contribution is 2.47. The van der Waals surface area contributed by atoms with Crippen LogP contribution in [0.4, 0.5) is 26.0 Å². The zero-order chi connectivity index (χ0) is 36.1. The van der Waals surface area contributed by atoms with Gasteiger partial charge in [-0.3, -0.25) is 14.4 Å². The molecule has 0 aliphatic carbocycles. The van der Waals surface area contributed by atoms with Gasteiger partial charge >= 0.3 is 0 Å². The number of aromatic nitrogens is 4. The number of rotatable bonds is 7. The van der Waals surface area contributed by atoms with E-state index in [1.807, 2.05) is 32.7 Å². The number of carbonyl (C=O) groups is 1. The number of benzene rings is 1. The number of hydrogen-bond donors (Lipinski definition) is 1. The highest BCUT2D eigenvalue weighted by Gasteiger charge is 2.35. The van der Waals surface area contributed by atoms with Crippen LogP contribution in [0, 0.1) is 5.92 Å². The Balaban J connectivity index is 1.08. The summed E-state index contributed by atoms with van der Waals surface area (Å²) in [4.78, 5) is 25.9. The van der Waals surface area contributed by atoms with Crippen LogP contribution in [-0.2, 0) is 22.5 Å². The molecular weight excluding hydrogens is 680 g/mol. The molecule has 14 heteroatoms. The highest BCUT2D eigenvalue weighted by molar-refractivity contribution is 5.87. The fourth-order valence-electron chi connectivity index (χ4n) is 9.08. The molecule has 0 spiro atoms. The van der Waals surface area contributed by atoms with Crippen molar-refractivity contribution in [1.82, 2.24) is 34.3 Å². The van der Waals surface area contributed by atoms with E-state index in [2.05, 4.69) is 24.8 Å². The molecule has 8 heterocycles. The Bertz CT molecular complexity index is 1960. The van der Waals surface area contributed by atoms with Crippen LogP contribution in [0.1, 0.15) is 61.9 Å². The maximum atomic E-state index is 15.4. The number of fused-ring (bicyclic) bond motifs is 3. The maximum Gasteiger partial charge on any atom is 0.264 e. The molecule has 3 fully saturated rings. The number of piperidine rings is 1. The lowest BCUT2D eigenvalue weighted by Gasteiger charge is -2.39. The second-order valence-electron chi connectivity index (χ2n) is 15.2. The summed E-state index contributed by atoms with van der Waals surface area (Å²) >= 11 is 0. The second-order valence-corrected chi connectivity index (χ2v) is 15.2. The molecular formula is C39H49F2N9O3. The first-order valence-electron chi connectivity index (χ1n) is 19.4. The standard InChI is InChI=1S/C39H49F2N9O3/c1-26(51)47-10-4-33-32(24-47)39(44-50(33)28-5-17-52-18-6-28)49-16-19-53-36-21-29(31(38(40)41)20-34(36)49)30-22-37-43-9-11-48(37)25-35(30)46-14-12-45(13-15-46)23-27-2-7-42-8-3-27/h9,11,20-22,25,27-28,38,42H,2-8,10,12-19,23-24H2,1H3. The zero-order valence-corrected chi connectivity index (χ0v) is 30.5. The van der Waals surface area contributed by atoms with Gasteiger partial charge in [0.15, 0.2) is 5.82 Å². The van der Waals surface area contributed by atoms with Gasteiger partial charge in [0.1, 0.15) is 18.0 Å². The van der Waals surface area contributed by atoms with Crippen molar-refractivity contribution in [3.63, 3.8) is 0 Å². The first-order chi connectivity index (χ1) is 25.9. The minimum atomic E-state index is -2.73. The molecule has 0 unspecified atom stereocenters. The molecule has 3 aromatic heterocycles. The molecule has 12 nitrogen and oxygen atoms in total. The van der Waals surface area contributed by atoms with Gasteiger partial charge in [0, 0.05) is 107 Å². The molecule has 0 radical (unpaired) electrons. The molecule has 0 atom stereocenters. The van der Waals surface area contributed by atoms with E-state index < -0.39 is 6.43 Å². The Hall–Kier alpha value is -4.27. The van der Waals surface area contributed by atoms with Gasteiger partial charge < -0.3 is 33.9 Å². The number of imidazole rings is 1. The van der Waals surface area contributed by atoms with E-state index in [0.717, 1.165) is 92.9 Å². The lowest BCUT2D eigenvalue weighted by molar-refractivity contribution is -0.129. The largest absolute Gasteiger partial charge is 0.490 e. The monoisotopic (exact) mass is 729 g/mol. The summed E-state index contributed by atoms with van der Waals surface area (Å²) < 4.78 is 46.9. The van der Waals surface area contributed by atoms with Gasteiger partial charge in [0.2, 0.25) is 5.91 Å². The average molecular weight is 730 g/mol. The molecule has 282 valence electrons. The van der Waals surface area contributed by atoms with E-state index in [0.29, 0.717) is 68.5 Å².